The molecule has 1 aromatic heterocycles. The number of nitrogens with zero attached hydrogens (tertiary/aromatic N) is 4. The minimum Gasteiger partial charge on any atom is -0.457 e. The van der Waals surface area contributed by atoms with Crippen molar-refractivity contribution < 1.29 is 9.53 Å². The summed E-state index contributed by atoms with van der Waals surface area (Å²) < 4.78 is 6.69. The van der Waals surface area contributed by atoms with Crippen molar-refractivity contribution in [1.29, 1.82) is 0 Å². The van der Waals surface area contributed by atoms with Crippen molar-refractivity contribution in [3.63, 3.8) is 0 Å². The summed E-state index contributed by atoms with van der Waals surface area (Å²) in [5.74, 6) is 2.69. The molecule has 2 aromatic carbocycles. The maximum absolute atomic E-state index is 13.0. The molecule has 3 heterocycles. The van der Waals surface area contributed by atoms with E-state index in [0.29, 0.717) is 11.8 Å². The lowest BCUT2D eigenvalue weighted by molar-refractivity contribution is -0.118. The zero-order valence-corrected chi connectivity index (χ0v) is 29.2. The third-order valence-electron chi connectivity index (χ3n) is 10.9. The van der Waals surface area contributed by atoms with Crippen molar-refractivity contribution in [3.05, 3.63) is 95.7 Å². The minimum absolute atomic E-state index is 0.00417. The fourth-order valence-corrected chi connectivity index (χ4v) is 7.59. The van der Waals surface area contributed by atoms with Gasteiger partial charge in [-0.2, -0.15) is 10.2 Å². The molecule has 3 aromatic rings. The lowest BCUT2D eigenvalue weighted by Crippen LogP contribution is -2.45. The third kappa shape index (κ3) is 8.18. The molecule has 6 heteroatoms. The third-order valence-corrected chi connectivity index (χ3v) is 10.9. The summed E-state index contributed by atoms with van der Waals surface area (Å²) >= 11 is 0. The lowest BCUT2D eigenvalue weighted by atomic mass is 9.85. The highest BCUT2D eigenvalue weighted by atomic mass is 16.5. The molecule has 7 rings (SSSR count). The Bertz CT molecular complexity index is 1720. The van der Waals surface area contributed by atoms with Crippen LogP contribution in [0, 0.1) is 11.8 Å². The number of carbonyl (C=O) groups excluding carboxylic acids is 1. The Kier molecular flexibility index (Phi) is 10.6. The second-order valence-corrected chi connectivity index (χ2v) is 14.6. The van der Waals surface area contributed by atoms with Crippen molar-refractivity contribution in [1.82, 2.24) is 15.1 Å². The summed E-state index contributed by atoms with van der Waals surface area (Å²) in [5.41, 5.74) is 7.41. The van der Waals surface area contributed by atoms with Crippen LogP contribution in [-0.2, 0) is 11.2 Å². The molecule has 1 saturated carbocycles. The van der Waals surface area contributed by atoms with Crippen LogP contribution in [0.4, 0.5) is 5.69 Å². The number of hydrogen-bond acceptors (Lipinski definition) is 6. The number of ketones is 1. The van der Waals surface area contributed by atoms with Crippen molar-refractivity contribution in [2.75, 3.05) is 13.1 Å². The number of ether oxygens (including phenoxy) is 1. The molecule has 1 unspecified atom stereocenters. The Morgan fingerprint density at radius 3 is 2.45 bits per heavy atom. The molecule has 0 spiro atoms. The van der Waals surface area contributed by atoms with Gasteiger partial charge in [0.15, 0.2) is 5.78 Å². The van der Waals surface area contributed by atoms with Crippen LogP contribution >= 0.6 is 0 Å². The first-order valence-corrected chi connectivity index (χ1v) is 18.6. The van der Waals surface area contributed by atoms with Gasteiger partial charge < -0.3 is 9.64 Å². The zero-order valence-electron chi connectivity index (χ0n) is 29.2. The summed E-state index contributed by atoms with van der Waals surface area (Å²) in [7, 11) is 0. The van der Waals surface area contributed by atoms with E-state index in [0.717, 1.165) is 89.8 Å². The standard InChI is InChI=1S/C43H50N4O2/c1-30(2)38-22-23-40(46-45-38)31-18-20-37(21-19-31)49-43-29-41-34(28-35(43)17-16-33-10-5-3-4-6-15-42(33)48)11-7-8-14-39(44-41)32-24-26-47(27-25-32)36-12-9-13-36/h3-4,6-7,11,15,18-23,28-30,32-33,36H,5,8-10,12-14,16-17,24-27H2,1-2H3. The molecule has 1 saturated heterocycles. The largest absolute Gasteiger partial charge is 0.457 e. The number of carbonyl (C=O) groups is 1. The predicted octanol–water partition coefficient (Wildman–Crippen LogP) is 10.2. The lowest BCUT2D eigenvalue weighted by Gasteiger charge is -2.42. The van der Waals surface area contributed by atoms with Crippen molar-refractivity contribution in [2.45, 2.75) is 96.4 Å². The summed E-state index contributed by atoms with van der Waals surface area (Å²) in [5, 5.41) is 8.88. The van der Waals surface area contributed by atoms with Crippen molar-refractivity contribution in [2.24, 2.45) is 16.8 Å². The van der Waals surface area contributed by atoms with E-state index in [1.165, 1.54) is 50.9 Å². The summed E-state index contributed by atoms with van der Waals surface area (Å²) in [6.07, 6.45) is 24.2. The number of allylic oxidation sites excluding steroid dienone is 5. The molecule has 4 aliphatic rings. The SMILES string of the molecule is CC(C)c1ccc(-c2ccc(Oc3cc4c(cc3CCC3CCC=CC=CC3=O)C=CCCC(C3CCN(C5CCC5)CC3)=N4)cc2)nn1. The molecule has 6 nitrogen and oxygen atoms in total. The Morgan fingerprint density at radius 1 is 0.878 bits per heavy atom. The van der Waals surface area contributed by atoms with Gasteiger partial charge in [0.2, 0.25) is 0 Å². The Balaban J connectivity index is 1.15. The molecule has 2 fully saturated rings. The fraction of sp³-hybridized carbons (Fsp3) is 0.442. The molecule has 0 N–H and O–H groups in total. The first-order valence-electron chi connectivity index (χ1n) is 18.6. The average Bonchev–Trinajstić information content (AvgIpc) is 3.07. The average molecular weight is 655 g/mol. The van der Waals surface area contributed by atoms with Crippen LogP contribution in [0.5, 0.6) is 11.5 Å². The second-order valence-electron chi connectivity index (χ2n) is 14.6. The molecule has 49 heavy (non-hydrogen) atoms. The molecular formula is C43H50N4O2. The number of rotatable bonds is 9. The first kappa shape index (κ1) is 33.3. The maximum Gasteiger partial charge on any atom is 0.158 e. The molecule has 2 aliphatic carbocycles. The van der Waals surface area contributed by atoms with Gasteiger partial charge in [-0.15, -0.1) is 0 Å². The summed E-state index contributed by atoms with van der Waals surface area (Å²) in [6.45, 7) is 6.64. The monoisotopic (exact) mass is 654 g/mol. The Hall–Kier alpha value is -4.16. The number of benzene rings is 2. The highest BCUT2D eigenvalue weighted by molar-refractivity contribution is 5.92. The van der Waals surface area contributed by atoms with Gasteiger partial charge in [-0.3, -0.25) is 9.79 Å². The molecule has 0 bridgehead atoms. The van der Waals surface area contributed by atoms with Gasteiger partial charge in [-0.1, -0.05) is 50.6 Å². The molecule has 0 radical (unpaired) electrons. The molecular weight excluding hydrogens is 604 g/mol. The van der Waals surface area contributed by atoms with Gasteiger partial charge in [0.05, 0.1) is 17.1 Å². The number of likely N-dealkylation sites (tertiary alicyclic amines) is 1. The van der Waals surface area contributed by atoms with E-state index in [9.17, 15) is 4.79 Å². The number of piperidine rings is 1. The predicted molar refractivity (Wildman–Crippen MR) is 200 cm³/mol. The molecule has 0 amide bonds. The second kappa shape index (κ2) is 15.6. The highest BCUT2D eigenvalue weighted by Crippen LogP contribution is 2.38. The first-order chi connectivity index (χ1) is 24.0. The van der Waals surface area contributed by atoms with Gasteiger partial charge in [-0.05, 0) is 143 Å². The van der Waals surface area contributed by atoms with Crippen molar-refractivity contribution >= 4 is 23.3 Å². The fourth-order valence-electron chi connectivity index (χ4n) is 7.59. The van der Waals surface area contributed by atoms with Crippen LogP contribution < -0.4 is 4.74 Å². The van der Waals surface area contributed by atoms with Crippen LogP contribution in [-0.4, -0.2) is 45.7 Å². The Morgan fingerprint density at radius 2 is 1.71 bits per heavy atom. The molecule has 254 valence electrons. The number of aliphatic imine (C=N–C) groups is 1. The van der Waals surface area contributed by atoms with Crippen LogP contribution in [0.25, 0.3) is 17.3 Å². The summed E-state index contributed by atoms with van der Waals surface area (Å²) in [6, 6.07) is 17.4. The van der Waals surface area contributed by atoms with Gasteiger partial charge in [0, 0.05) is 34.9 Å². The van der Waals surface area contributed by atoms with E-state index in [4.69, 9.17) is 9.73 Å². The number of fused-ring (bicyclic) bond motifs is 1. The Labute approximate surface area is 292 Å². The van der Waals surface area contributed by atoms with Gasteiger partial charge in [0.1, 0.15) is 11.5 Å². The smallest absolute Gasteiger partial charge is 0.158 e. The van der Waals surface area contributed by atoms with E-state index in [1.54, 1.807) is 6.08 Å². The van der Waals surface area contributed by atoms with E-state index in [-0.39, 0.29) is 11.7 Å². The van der Waals surface area contributed by atoms with E-state index >= 15 is 0 Å². The minimum atomic E-state index is 0.00417. The molecule has 2 aliphatic heterocycles. The summed E-state index contributed by atoms with van der Waals surface area (Å²) in [4.78, 5) is 21.1. The topological polar surface area (TPSA) is 67.7 Å². The van der Waals surface area contributed by atoms with E-state index < -0.39 is 0 Å². The highest BCUT2D eigenvalue weighted by Gasteiger charge is 2.30. The van der Waals surface area contributed by atoms with Gasteiger partial charge >= 0.3 is 0 Å². The van der Waals surface area contributed by atoms with Gasteiger partial charge in [-0.25, -0.2) is 0 Å². The normalized spacial score (nSPS) is 20.6. The number of aryl methyl sites for hydroxylation is 1. The van der Waals surface area contributed by atoms with E-state index in [1.807, 2.05) is 42.5 Å². The van der Waals surface area contributed by atoms with Crippen LogP contribution in [0.1, 0.15) is 101 Å². The zero-order chi connectivity index (χ0) is 33.6. The van der Waals surface area contributed by atoms with Crippen LogP contribution in [0.15, 0.2) is 83.9 Å². The van der Waals surface area contributed by atoms with E-state index in [2.05, 4.69) is 65.4 Å². The quantitative estimate of drug-likeness (QED) is 0.230. The van der Waals surface area contributed by atoms with Gasteiger partial charge in [0.25, 0.3) is 0 Å². The van der Waals surface area contributed by atoms with Crippen LogP contribution in [0.2, 0.25) is 0 Å². The maximum atomic E-state index is 13.0. The van der Waals surface area contributed by atoms with Crippen molar-refractivity contribution in [3.8, 4) is 22.8 Å². The number of hydrogen-bond donors (Lipinski definition) is 0. The van der Waals surface area contributed by atoms with Crippen LogP contribution in [0.3, 0.4) is 0 Å². The molecule has 1 atom stereocenters. The number of aromatic nitrogens is 2.